The Labute approximate surface area is 191 Å². The summed E-state index contributed by atoms with van der Waals surface area (Å²) >= 11 is 1.31. The smallest absolute Gasteiger partial charge is 0.260 e. The van der Waals surface area contributed by atoms with Crippen molar-refractivity contribution >= 4 is 28.3 Å². The predicted octanol–water partition coefficient (Wildman–Crippen LogP) is 3.87. The van der Waals surface area contributed by atoms with Crippen LogP contribution in [-0.2, 0) is 17.8 Å². The number of carbonyl (C=O) groups excluding carboxylic acids is 2. The SMILES string of the molecule is Cc1occc1C(=O)Nc1nc(CC(=O)NCC2CCCN(Cc3ccccc3)C2)cs1. The zero-order valence-electron chi connectivity index (χ0n) is 18.2. The fraction of sp³-hybridized carbons (Fsp3) is 0.375. The number of hydrogen-bond donors (Lipinski definition) is 2. The van der Waals surface area contributed by atoms with Crippen LogP contribution in [0.5, 0.6) is 0 Å². The zero-order chi connectivity index (χ0) is 22.3. The van der Waals surface area contributed by atoms with Crippen molar-refractivity contribution in [1.82, 2.24) is 15.2 Å². The maximum atomic E-state index is 12.4. The highest BCUT2D eigenvalue weighted by molar-refractivity contribution is 7.14. The highest BCUT2D eigenvalue weighted by Gasteiger charge is 2.21. The van der Waals surface area contributed by atoms with Crippen LogP contribution in [0.4, 0.5) is 5.13 Å². The van der Waals surface area contributed by atoms with Crippen molar-refractivity contribution in [2.45, 2.75) is 32.7 Å². The molecule has 4 rings (SSSR count). The molecule has 3 heterocycles. The Morgan fingerprint density at radius 3 is 2.88 bits per heavy atom. The first-order valence-electron chi connectivity index (χ1n) is 10.9. The molecule has 168 valence electrons. The number of anilines is 1. The van der Waals surface area contributed by atoms with Gasteiger partial charge in [-0.3, -0.25) is 19.8 Å². The van der Waals surface area contributed by atoms with Crippen molar-refractivity contribution in [3.8, 4) is 0 Å². The van der Waals surface area contributed by atoms with Gasteiger partial charge >= 0.3 is 0 Å². The fourth-order valence-corrected chi connectivity index (χ4v) is 4.72. The van der Waals surface area contributed by atoms with E-state index < -0.39 is 0 Å². The molecule has 0 saturated carbocycles. The molecule has 8 heteroatoms. The first-order valence-corrected chi connectivity index (χ1v) is 11.8. The fourth-order valence-electron chi connectivity index (χ4n) is 4.02. The third-order valence-corrected chi connectivity index (χ3v) is 6.46. The van der Waals surface area contributed by atoms with E-state index in [1.54, 1.807) is 18.4 Å². The number of nitrogens with zero attached hydrogens (tertiary/aromatic N) is 2. The molecule has 2 amide bonds. The van der Waals surface area contributed by atoms with Gasteiger partial charge < -0.3 is 9.73 Å². The summed E-state index contributed by atoms with van der Waals surface area (Å²) in [7, 11) is 0. The van der Waals surface area contributed by atoms with Crippen LogP contribution >= 0.6 is 11.3 Å². The van der Waals surface area contributed by atoms with Crippen molar-refractivity contribution in [1.29, 1.82) is 0 Å². The standard InChI is InChI=1S/C24H28N4O3S/c1-17-21(9-11-31-17)23(30)27-24-26-20(16-32-24)12-22(29)25-13-19-8-5-10-28(15-19)14-18-6-3-2-4-7-18/h2-4,6-7,9,11,16,19H,5,8,10,12-15H2,1H3,(H,25,29)(H,26,27,30). The number of benzene rings is 1. The number of amides is 2. The normalized spacial score (nSPS) is 16.6. The lowest BCUT2D eigenvalue weighted by Crippen LogP contribution is -2.40. The Bertz CT molecular complexity index is 1050. The lowest BCUT2D eigenvalue weighted by molar-refractivity contribution is -0.120. The number of carbonyl (C=O) groups is 2. The van der Waals surface area contributed by atoms with Gasteiger partial charge in [0, 0.05) is 25.0 Å². The molecule has 2 aromatic heterocycles. The minimum atomic E-state index is -0.265. The van der Waals surface area contributed by atoms with E-state index in [-0.39, 0.29) is 18.2 Å². The molecule has 1 atom stereocenters. The van der Waals surface area contributed by atoms with E-state index in [0.29, 0.717) is 34.6 Å². The molecule has 0 radical (unpaired) electrons. The van der Waals surface area contributed by atoms with Crippen LogP contribution in [0.3, 0.4) is 0 Å². The van der Waals surface area contributed by atoms with Crippen LogP contribution in [0.1, 0.15) is 40.2 Å². The second-order valence-corrected chi connectivity index (χ2v) is 9.06. The average molecular weight is 453 g/mol. The number of nitrogens with one attached hydrogen (secondary N) is 2. The summed E-state index contributed by atoms with van der Waals surface area (Å²) in [6.45, 7) is 5.47. The average Bonchev–Trinajstić information content (AvgIpc) is 3.42. The highest BCUT2D eigenvalue weighted by atomic mass is 32.1. The first-order chi connectivity index (χ1) is 15.6. The molecule has 1 saturated heterocycles. The number of thiazole rings is 1. The van der Waals surface area contributed by atoms with Gasteiger partial charge in [0.05, 0.1) is 23.9 Å². The van der Waals surface area contributed by atoms with Crippen molar-refractivity contribution in [3.63, 3.8) is 0 Å². The van der Waals surface area contributed by atoms with E-state index in [1.165, 1.54) is 23.2 Å². The summed E-state index contributed by atoms with van der Waals surface area (Å²) in [5.74, 6) is 0.710. The zero-order valence-corrected chi connectivity index (χ0v) is 19.0. The molecule has 2 N–H and O–H groups in total. The minimum Gasteiger partial charge on any atom is -0.469 e. The Hall–Kier alpha value is -2.97. The Balaban J connectivity index is 1.21. The minimum absolute atomic E-state index is 0.0426. The number of aromatic nitrogens is 1. The maximum absolute atomic E-state index is 12.4. The second kappa shape index (κ2) is 10.6. The van der Waals surface area contributed by atoms with Crippen LogP contribution in [0.25, 0.3) is 0 Å². The van der Waals surface area contributed by atoms with Gasteiger partial charge in [0.25, 0.3) is 5.91 Å². The lowest BCUT2D eigenvalue weighted by atomic mass is 9.97. The monoisotopic (exact) mass is 452 g/mol. The molecule has 1 aromatic carbocycles. The van der Waals surface area contributed by atoms with E-state index in [9.17, 15) is 9.59 Å². The number of piperidine rings is 1. The predicted molar refractivity (Wildman–Crippen MR) is 125 cm³/mol. The van der Waals surface area contributed by atoms with Crippen LogP contribution in [0.2, 0.25) is 0 Å². The summed E-state index contributed by atoms with van der Waals surface area (Å²) in [5, 5.41) is 8.10. The van der Waals surface area contributed by atoms with E-state index >= 15 is 0 Å². The number of likely N-dealkylation sites (tertiary alicyclic amines) is 1. The van der Waals surface area contributed by atoms with Gasteiger partial charge in [-0.1, -0.05) is 30.3 Å². The topological polar surface area (TPSA) is 87.5 Å². The largest absolute Gasteiger partial charge is 0.469 e. The number of rotatable bonds is 8. The van der Waals surface area contributed by atoms with Gasteiger partial charge in [0.2, 0.25) is 5.91 Å². The van der Waals surface area contributed by atoms with E-state index in [1.807, 2.05) is 6.07 Å². The molecule has 1 aliphatic heterocycles. The van der Waals surface area contributed by atoms with Crippen molar-refractivity contribution in [2.75, 3.05) is 25.0 Å². The third kappa shape index (κ3) is 6.05. The summed E-state index contributed by atoms with van der Waals surface area (Å²) in [5.41, 5.74) is 2.46. The van der Waals surface area contributed by atoms with Gasteiger partial charge in [0.15, 0.2) is 5.13 Å². The molecule has 3 aromatic rings. The molecule has 1 unspecified atom stereocenters. The van der Waals surface area contributed by atoms with Crippen LogP contribution in [-0.4, -0.2) is 41.3 Å². The molecule has 0 spiro atoms. The molecule has 1 aliphatic rings. The summed E-state index contributed by atoms with van der Waals surface area (Å²) in [6, 6.07) is 12.1. The Kier molecular flexibility index (Phi) is 7.34. The maximum Gasteiger partial charge on any atom is 0.260 e. The first kappa shape index (κ1) is 22.2. The van der Waals surface area contributed by atoms with E-state index in [4.69, 9.17) is 4.42 Å². The molecule has 0 aliphatic carbocycles. The second-order valence-electron chi connectivity index (χ2n) is 8.20. The van der Waals surface area contributed by atoms with Crippen LogP contribution < -0.4 is 10.6 Å². The number of aryl methyl sites for hydroxylation is 1. The number of hydrogen-bond acceptors (Lipinski definition) is 6. The third-order valence-electron chi connectivity index (χ3n) is 5.66. The molecular weight excluding hydrogens is 424 g/mol. The molecule has 32 heavy (non-hydrogen) atoms. The summed E-state index contributed by atoms with van der Waals surface area (Å²) in [6.07, 6.45) is 3.97. The van der Waals surface area contributed by atoms with Crippen molar-refractivity contribution in [3.05, 3.63) is 70.6 Å². The van der Waals surface area contributed by atoms with Gasteiger partial charge in [-0.15, -0.1) is 11.3 Å². The van der Waals surface area contributed by atoms with Crippen molar-refractivity contribution < 1.29 is 14.0 Å². The van der Waals surface area contributed by atoms with E-state index in [0.717, 1.165) is 32.5 Å². The Morgan fingerprint density at radius 2 is 2.09 bits per heavy atom. The van der Waals surface area contributed by atoms with Crippen LogP contribution in [0, 0.1) is 12.8 Å². The highest BCUT2D eigenvalue weighted by Crippen LogP contribution is 2.20. The van der Waals surface area contributed by atoms with Gasteiger partial charge in [-0.05, 0) is 43.9 Å². The van der Waals surface area contributed by atoms with Gasteiger partial charge in [0.1, 0.15) is 5.76 Å². The Morgan fingerprint density at radius 1 is 1.25 bits per heavy atom. The van der Waals surface area contributed by atoms with E-state index in [2.05, 4.69) is 44.8 Å². The quantitative estimate of drug-likeness (QED) is 0.542. The van der Waals surface area contributed by atoms with Crippen LogP contribution in [0.15, 0.2) is 52.5 Å². The lowest BCUT2D eigenvalue weighted by Gasteiger charge is -2.32. The van der Waals surface area contributed by atoms with Gasteiger partial charge in [-0.25, -0.2) is 4.98 Å². The number of furan rings is 1. The molecule has 1 fully saturated rings. The molecular formula is C24H28N4O3S. The van der Waals surface area contributed by atoms with Crippen molar-refractivity contribution in [2.24, 2.45) is 5.92 Å². The summed E-state index contributed by atoms with van der Waals surface area (Å²) in [4.78, 5) is 31.5. The molecule has 0 bridgehead atoms. The summed E-state index contributed by atoms with van der Waals surface area (Å²) < 4.78 is 5.16. The van der Waals surface area contributed by atoms with Gasteiger partial charge in [-0.2, -0.15) is 0 Å². The molecule has 7 nitrogen and oxygen atoms in total.